The van der Waals surface area contributed by atoms with Gasteiger partial charge in [0.2, 0.25) is 11.8 Å². The predicted molar refractivity (Wildman–Crippen MR) is 122 cm³/mol. The summed E-state index contributed by atoms with van der Waals surface area (Å²) in [4.78, 5) is 43.1. The number of aromatic nitrogens is 1. The first-order valence-corrected chi connectivity index (χ1v) is 11.0. The number of carbonyl (C=O) groups excluding carboxylic acids is 3. The fraction of sp³-hybridized carbons (Fsp3) is 0.458. The molecule has 9 nitrogen and oxygen atoms in total. The molecule has 4 rings (SSSR count). The van der Waals surface area contributed by atoms with E-state index >= 15 is 0 Å². The van der Waals surface area contributed by atoms with Crippen molar-refractivity contribution in [1.29, 1.82) is 0 Å². The number of nitrogens with zero attached hydrogens (tertiary/aromatic N) is 1. The first kappa shape index (κ1) is 22.7. The Labute approximate surface area is 192 Å². The van der Waals surface area contributed by atoms with Crippen LogP contribution in [-0.2, 0) is 14.3 Å². The van der Waals surface area contributed by atoms with Crippen LogP contribution in [-0.4, -0.2) is 73.1 Å². The van der Waals surface area contributed by atoms with Crippen LogP contribution in [0.3, 0.4) is 0 Å². The van der Waals surface area contributed by atoms with E-state index in [4.69, 9.17) is 15.9 Å². The van der Waals surface area contributed by atoms with Gasteiger partial charge in [0.05, 0.1) is 19.3 Å². The third-order valence-electron chi connectivity index (χ3n) is 6.43. The van der Waals surface area contributed by atoms with Crippen LogP contribution in [0, 0.1) is 18.3 Å². The van der Waals surface area contributed by atoms with Crippen molar-refractivity contribution in [3.05, 3.63) is 30.0 Å². The first-order chi connectivity index (χ1) is 15.9. The van der Waals surface area contributed by atoms with Gasteiger partial charge in [-0.05, 0) is 31.0 Å². The fourth-order valence-corrected chi connectivity index (χ4v) is 4.61. The summed E-state index contributed by atoms with van der Waals surface area (Å²) in [5.41, 5.74) is 1.13. The molecule has 0 saturated carbocycles. The molecule has 3 heterocycles. The monoisotopic (exact) mass is 452 g/mol. The van der Waals surface area contributed by atoms with Gasteiger partial charge in [0, 0.05) is 43.4 Å². The molecule has 2 aliphatic heterocycles. The lowest BCUT2D eigenvalue weighted by Crippen LogP contribution is -2.49. The average Bonchev–Trinajstić information content (AvgIpc) is 3.55. The molecule has 4 atom stereocenters. The second-order valence-electron chi connectivity index (χ2n) is 8.41. The highest BCUT2D eigenvalue weighted by Crippen LogP contribution is 2.29. The molecule has 9 heteroatoms. The summed E-state index contributed by atoms with van der Waals surface area (Å²) in [5, 5.41) is 6.41. The summed E-state index contributed by atoms with van der Waals surface area (Å²) >= 11 is 0. The van der Waals surface area contributed by atoms with Crippen molar-refractivity contribution >= 4 is 28.6 Å². The summed E-state index contributed by atoms with van der Waals surface area (Å²) in [6, 6.07) is 5.92. The standard InChI is InChI=1S/C24H28N4O5/c1-4-15(10-14-8-9-25-22(14)29)26-23(30)20-11-16(32-2)13-28(20)24(31)19-12-17-18(27-19)6-5-7-21(17)33-3/h1,5-7,12,14-16,20,27H,8-11,13H2,2-3H3,(H,25,29)(H,26,30)/t14-,15+,16+,20-/m0/s1. The van der Waals surface area contributed by atoms with Gasteiger partial charge in [-0.3, -0.25) is 14.4 Å². The number of amides is 3. The second kappa shape index (κ2) is 9.55. The van der Waals surface area contributed by atoms with Crippen molar-refractivity contribution in [1.82, 2.24) is 20.5 Å². The number of likely N-dealkylation sites (tertiary alicyclic amines) is 1. The van der Waals surface area contributed by atoms with E-state index in [9.17, 15) is 14.4 Å². The summed E-state index contributed by atoms with van der Waals surface area (Å²) in [6.45, 7) is 0.899. The van der Waals surface area contributed by atoms with Gasteiger partial charge < -0.3 is 30.0 Å². The largest absolute Gasteiger partial charge is 0.496 e. The molecule has 2 fully saturated rings. The van der Waals surface area contributed by atoms with Crippen molar-refractivity contribution in [2.45, 2.75) is 37.5 Å². The maximum atomic E-state index is 13.4. The molecule has 3 N–H and O–H groups in total. The average molecular weight is 453 g/mol. The summed E-state index contributed by atoms with van der Waals surface area (Å²) < 4.78 is 10.8. The third-order valence-corrected chi connectivity index (χ3v) is 6.43. The van der Waals surface area contributed by atoms with Crippen LogP contribution in [0.4, 0.5) is 0 Å². The molecule has 2 saturated heterocycles. The molecule has 1 aromatic heterocycles. The molecule has 1 aromatic carbocycles. The lowest BCUT2D eigenvalue weighted by molar-refractivity contribution is -0.126. The van der Waals surface area contributed by atoms with E-state index in [1.54, 1.807) is 20.3 Å². The lowest BCUT2D eigenvalue weighted by Gasteiger charge is -2.25. The number of methoxy groups -OCH3 is 2. The zero-order chi connectivity index (χ0) is 23.5. The summed E-state index contributed by atoms with van der Waals surface area (Å²) in [5.74, 6) is 2.30. The number of H-pyrrole nitrogens is 1. The van der Waals surface area contributed by atoms with E-state index in [2.05, 4.69) is 21.5 Å². The fourth-order valence-electron chi connectivity index (χ4n) is 4.61. The van der Waals surface area contributed by atoms with Crippen LogP contribution in [0.1, 0.15) is 29.8 Å². The molecular formula is C24H28N4O5. The minimum atomic E-state index is -0.732. The number of hydrogen-bond acceptors (Lipinski definition) is 5. The molecule has 2 aromatic rings. The lowest BCUT2D eigenvalue weighted by atomic mass is 9.98. The highest BCUT2D eigenvalue weighted by atomic mass is 16.5. The number of rotatable bonds is 7. The summed E-state index contributed by atoms with van der Waals surface area (Å²) in [6.07, 6.45) is 6.78. The first-order valence-electron chi connectivity index (χ1n) is 11.0. The van der Waals surface area contributed by atoms with Crippen LogP contribution in [0.15, 0.2) is 24.3 Å². The predicted octanol–water partition coefficient (Wildman–Crippen LogP) is 1.05. The van der Waals surface area contributed by atoms with E-state index in [-0.39, 0.29) is 36.3 Å². The van der Waals surface area contributed by atoms with E-state index in [1.165, 1.54) is 4.90 Å². The van der Waals surface area contributed by atoms with E-state index < -0.39 is 12.1 Å². The Kier molecular flexibility index (Phi) is 6.56. The molecule has 2 aliphatic rings. The van der Waals surface area contributed by atoms with Gasteiger partial charge in [0.25, 0.3) is 5.91 Å². The molecule has 3 amide bonds. The van der Waals surface area contributed by atoms with Gasteiger partial charge in [-0.2, -0.15) is 0 Å². The number of benzene rings is 1. The van der Waals surface area contributed by atoms with Gasteiger partial charge in [0.15, 0.2) is 0 Å². The quantitative estimate of drug-likeness (QED) is 0.544. The minimum absolute atomic E-state index is 0.0455. The molecule has 0 aliphatic carbocycles. The molecule has 174 valence electrons. The van der Waals surface area contributed by atoms with Crippen LogP contribution in [0.25, 0.3) is 10.9 Å². The zero-order valence-electron chi connectivity index (χ0n) is 18.7. The smallest absolute Gasteiger partial charge is 0.271 e. The molecule has 0 bridgehead atoms. The van der Waals surface area contributed by atoms with Crippen molar-refractivity contribution in [2.24, 2.45) is 5.92 Å². The molecule has 0 radical (unpaired) electrons. The van der Waals surface area contributed by atoms with Crippen LogP contribution in [0.5, 0.6) is 5.75 Å². The van der Waals surface area contributed by atoms with Gasteiger partial charge in [-0.25, -0.2) is 0 Å². The highest BCUT2D eigenvalue weighted by molar-refractivity contribution is 6.01. The van der Waals surface area contributed by atoms with Gasteiger partial charge in [-0.15, -0.1) is 6.42 Å². The van der Waals surface area contributed by atoms with E-state index in [1.807, 2.05) is 18.2 Å². The number of carbonyl (C=O) groups is 3. The molecule has 0 spiro atoms. The SMILES string of the molecule is C#C[C@H](C[C@@H]1CCNC1=O)NC(=O)[C@@H]1C[C@@H](OC)CN1C(=O)c1cc2c(OC)cccc2[nH]1. The number of aromatic amines is 1. The molecule has 33 heavy (non-hydrogen) atoms. The number of terminal acetylenes is 1. The van der Waals surface area contributed by atoms with Crippen molar-refractivity contribution in [3.8, 4) is 18.1 Å². The maximum absolute atomic E-state index is 13.4. The van der Waals surface area contributed by atoms with Crippen molar-refractivity contribution in [3.63, 3.8) is 0 Å². The van der Waals surface area contributed by atoms with E-state index in [0.29, 0.717) is 37.3 Å². The Morgan fingerprint density at radius 3 is 2.85 bits per heavy atom. The van der Waals surface area contributed by atoms with Crippen molar-refractivity contribution in [2.75, 3.05) is 27.3 Å². The Hall–Kier alpha value is -3.51. The minimum Gasteiger partial charge on any atom is -0.496 e. The summed E-state index contributed by atoms with van der Waals surface area (Å²) in [7, 11) is 3.13. The molecular weight excluding hydrogens is 424 g/mol. The number of hydrogen-bond donors (Lipinski definition) is 3. The van der Waals surface area contributed by atoms with Gasteiger partial charge in [0.1, 0.15) is 17.5 Å². The van der Waals surface area contributed by atoms with Gasteiger partial charge >= 0.3 is 0 Å². The van der Waals surface area contributed by atoms with Crippen LogP contribution >= 0.6 is 0 Å². The third kappa shape index (κ3) is 4.52. The number of nitrogens with one attached hydrogen (secondary N) is 3. The van der Waals surface area contributed by atoms with Crippen molar-refractivity contribution < 1.29 is 23.9 Å². The Morgan fingerprint density at radius 1 is 1.36 bits per heavy atom. The highest BCUT2D eigenvalue weighted by Gasteiger charge is 2.41. The Bertz CT molecular complexity index is 1100. The molecule has 0 unspecified atom stereocenters. The second-order valence-corrected chi connectivity index (χ2v) is 8.41. The zero-order valence-corrected chi connectivity index (χ0v) is 18.7. The Morgan fingerprint density at radius 2 is 2.18 bits per heavy atom. The van der Waals surface area contributed by atoms with E-state index in [0.717, 1.165) is 10.9 Å². The Balaban J connectivity index is 1.52. The number of ether oxygens (including phenoxy) is 2. The normalized spacial score (nSPS) is 23.2. The van der Waals surface area contributed by atoms with Crippen LogP contribution in [0.2, 0.25) is 0 Å². The maximum Gasteiger partial charge on any atom is 0.271 e. The van der Waals surface area contributed by atoms with Crippen LogP contribution < -0.4 is 15.4 Å². The number of fused-ring (bicyclic) bond motifs is 1. The topological polar surface area (TPSA) is 113 Å². The van der Waals surface area contributed by atoms with Gasteiger partial charge in [-0.1, -0.05) is 12.0 Å².